The number of hydrogen-bond acceptors (Lipinski definition) is 5. The van der Waals surface area contributed by atoms with Crippen LogP contribution in [0.3, 0.4) is 0 Å². The zero-order chi connectivity index (χ0) is 14.2. The molecule has 0 saturated carbocycles. The van der Waals surface area contributed by atoms with Crippen molar-refractivity contribution in [3.05, 3.63) is 32.8 Å². The zero-order valence-corrected chi connectivity index (χ0v) is 12.2. The van der Waals surface area contributed by atoms with Crippen molar-refractivity contribution in [3.63, 3.8) is 0 Å². The minimum Gasteiger partial charge on any atom is -0.326 e. The molecular formula is C10H12BrN3O4S. The van der Waals surface area contributed by atoms with Crippen molar-refractivity contribution in [2.45, 2.75) is 17.4 Å². The molecule has 0 bridgehead atoms. The smallest absolute Gasteiger partial charge is 0.289 e. The van der Waals surface area contributed by atoms with Gasteiger partial charge in [0.05, 0.1) is 4.92 Å². The Bertz CT molecular complexity index is 619. The third-order valence-electron chi connectivity index (χ3n) is 2.92. The van der Waals surface area contributed by atoms with Crippen molar-refractivity contribution in [2.75, 3.05) is 13.1 Å². The standard InChI is InChI=1S/C10H12BrN3O4S/c11-7-1-2-9(14(15)16)10(5-7)19(17,18)13-4-3-8(12)6-13/h1-2,5,8H,3-4,6,12H2/t8-/m1/s1. The van der Waals surface area contributed by atoms with E-state index >= 15 is 0 Å². The predicted octanol–water partition coefficient (Wildman–Crippen LogP) is 1.08. The molecule has 7 nitrogen and oxygen atoms in total. The first-order valence-electron chi connectivity index (χ1n) is 5.52. The minimum atomic E-state index is -3.89. The molecule has 9 heteroatoms. The second-order valence-corrected chi connectivity index (χ2v) is 7.10. The molecule has 1 aromatic carbocycles. The Kier molecular flexibility index (Phi) is 3.90. The Morgan fingerprint density at radius 3 is 2.68 bits per heavy atom. The Morgan fingerprint density at radius 2 is 2.16 bits per heavy atom. The zero-order valence-electron chi connectivity index (χ0n) is 9.82. The van der Waals surface area contributed by atoms with Gasteiger partial charge < -0.3 is 5.73 Å². The first-order chi connectivity index (χ1) is 8.82. The van der Waals surface area contributed by atoms with Gasteiger partial charge in [-0.15, -0.1) is 0 Å². The fourth-order valence-electron chi connectivity index (χ4n) is 1.96. The lowest BCUT2D eigenvalue weighted by Gasteiger charge is -2.16. The second-order valence-electron chi connectivity index (χ2n) is 4.28. The normalized spacial score (nSPS) is 20.6. The number of sulfonamides is 1. The van der Waals surface area contributed by atoms with E-state index in [2.05, 4.69) is 15.9 Å². The number of halogens is 1. The van der Waals surface area contributed by atoms with Gasteiger partial charge in [-0.3, -0.25) is 10.1 Å². The average Bonchev–Trinajstić information content (AvgIpc) is 2.76. The topological polar surface area (TPSA) is 107 Å². The molecule has 0 radical (unpaired) electrons. The molecule has 19 heavy (non-hydrogen) atoms. The summed E-state index contributed by atoms with van der Waals surface area (Å²) >= 11 is 3.13. The second kappa shape index (κ2) is 5.16. The highest BCUT2D eigenvalue weighted by Crippen LogP contribution is 2.30. The number of nitro benzene ring substituents is 1. The number of nitrogens with two attached hydrogens (primary N) is 1. The van der Waals surface area contributed by atoms with Gasteiger partial charge in [-0.2, -0.15) is 4.31 Å². The van der Waals surface area contributed by atoms with Crippen molar-refractivity contribution in [2.24, 2.45) is 5.73 Å². The van der Waals surface area contributed by atoms with Crippen LogP contribution in [0.15, 0.2) is 27.6 Å². The largest absolute Gasteiger partial charge is 0.326 e. The van der Waals surface area contributed by atoms with Crippen LogP contribution >= 0.6 is 15.9 Å². The first-order valence-corrected chi connectivity index (χ1v) is 7.75. The van der Waals surface area contributed by atoms with E-state index in [1.54, 1.807) is 0 Å². The number of nitro groups is 1. The van der Waals surface area contributed by atoms with Gasteiger partial charge in [-0.1, -0.05) is 15.9 Å². The highest BCUT2D eigenvalue weighted by atomic mass is 79.9. The van der Waals surface area contributed by atoms with Gasteiger partial charge in [-0.25, -0.2) is 8.42 Å². The summed E-state index contributed by atoms with van der Waals surface area (Å²) in [7, 11) is -3.89. The summed E-state index contributed by atoms with van der Waals surface area (Å²) in [4.78, 5) is 9.94. The molecule has 0 amide bonds. The lowest BCUT2D eigenvalue weighted by atomic mass is 10.3. The molecule has 2 N–H and O–H groups in total. The van der Waals surface area contributed by atoms with Gasteiger partial charge in [-0.05, 0) is 18.6 Å². The van der Waals surface area contributed by atoms with E-state index in [0.29, 0.717) is 10.9 Å². The van der Waals surface area contributed by atoms with Crippen LogP contribution in [0.25, 0.3) is 0 Å². The van der Waals surface area contributed by atoms with Crippen LogP contribution in [-0.2, 0) is 10.0 Å². The van der Waals surface area contributed by atoms with E-state index in [4.69, 9.17) is 5.73 Å². The summed E-state index contributed by atoms with van der Waals surface area (Å²) in [6.45, 7) is 0.471. The summed E-state index contributed by atoms with van der Waals surface area (Å²) in [5.41, 5.74) is 5.25. The highest BCUT2D eigenvalue weighted by Gasteiger charge is 2.35. The third kappa shape index (κ3) is 2.78. The van der Waals surface area contributed by atoms with Crippen LogP contribution in [0, 0.1) is 10.1 Å². The summed E-state index contributed by atoms with van der Waals surface area (Å²) in [5.74, 6) is 0. The first kappa shape index (κ1) is 14.4. The number of rotatable bonds is 3. The van der Waals surface area contributed by atoms with E-state index < -0.39 is 20.6 Å². The van der Waals surface area contributed by atoms with Gasteiger partial charge in [0, 0.05) is 29.7 Å². The van der Waals surface area contributed by atoms with E-state index in [-0.39, 0.29) is 24.0 Å². The highest BCUT2D eigenvalue weighted by molar-refractivity contribution is 9.10. The fourth-order valence-corrected chi connectivity index (χ4v) is 4.16. The summed E-state index contributed by atoms with van der Waals surface area (Å²) in [6, 6.07) is 3.64. The maximum absolute atomic E-state index is 12.4. The minimum absolute atomic E-state index is 0.187. The molecule has 0 unspecified atom stereocenters. The van der Waals surface area contributed by atoms with Crippen molar-refractivity contribution in [1.29, 1.82) is 0 Å². The van der Waals surface area contributed by atoms with Gasteiger partial charge in [0.25, 0.3) is 5.69 Å². The molecule has 1 heterocycles. The van der Waals surface area contributed by atoms with Crippen LogP contribution in [0.5, 0.6) is 0 Å². The molecule has 2 rings (SSSR count). The van der Waals surface area contributed by atoms with Crippen LogP contribution < -0.4 is 5.73 Å². The molecule has 1 aliphatic rings. The molecule has 104 valence electrons. The molecule has 1 fully saturated rings. The Labute approximate surface area is 118 Å². The van der Waals surface area contributed by atoms with Gasteiger partial charge >= 0.3 is 0 Å². The quantitative estimate of drug-likeness (QED) is 0.648. The van der Waals surface area contributed by atoms with Crippen LogP contribution in [0.2, 0.25) is 0 Å². The molecule has 0 aromatic heterocycles. The van der Waals surface area contributed by atoms with E-state index in [9.17, 15) is 18.5 Å². The maximum atomic E-state index is 12.4. The monoisotopic (exact) mass is 349 g/mol. The Balaban J connectivity index is 2.51. The van der Waals surface area contributed by atoms with Gasteiger partial charge in [0.2, 0.25) is 10.0 Å². The molecular weight excluding hydrogens is 338 g/mol. The summed E-state index contributed by atoms with van der Waals surface area (Å²) < 4.78 is 26.5. The van der Waals surface area contributed by atoms with E-state index in [1.165, 1.54) is 22.5 Å². The van der Waals surface area contributed by atoms with E-state index in [1.807, 2.05) is 0 Å². The predicted molar refractivity (Wildman–Crippen MR) is 72.1 cm³/mol. The number of nitrogens with zero attached hydrogens (tertiary/aromatic N) is 2. The molecule has 0 aliphatic carbocycles. The molecule has 0 spiro atoms. The fraction of sp³-hybridized carbons (Fsp3) is 0.400. The summed E-state index contributed by atoms with van der Waals surface area (Å²) in [6.07, 6.45) is 0.557. The van der Waals surface area contributed by atoms with Crippen molar-refractivity contribution in [1.82, 2.24) is 4.31 Å². The third-order valence-corrected chi connectivity index (χ3v) is 5.31. The Hall–Kier alpha value is -1.03. The van der Waals surface area contributed by atoms with Crippen molar-refractivity contribution >= 4 is 31.6 Å². The van der Waals surface area contributed by atoms with Crippen molar-refractivity contribution < 1.29 is 13.3 Å². The van der Waals surface area contributed by atoms with Crippen LogP contribution in [0.4, 0.5) is 5.69 Å². The number of hydrogen-bond donors (Lipinski definition) is 1. The molecule has 1 atom stereocenters. The number of benzene rings is 1. The summed E-state index contributed by atoms with van der Waals surface area (Å²) in [5, 5.41) is 10.9. The van der Waals surface area contributed by atoms with Crippen LogP contribution in [0.1, 0.15) is 6.42 Å². The molecule has 1 aromatic rings. The molecule has 1 aliphatic heterocycles. The Morgan fingerprint density at radius 1 is 1.47 bits per heavy atom. The van der Waals surface area contributed by atoms with Crippen molar-refractivity contribution in [3.8, 4) is 0 Å². The molecule has 1 saturated heterocycles. The van der Waals surface area contributed by atoms with Crippen LogP contribution in [-0.4, -0.2) is 36.8 Å². The average molecular weight is 350 g/mol. The lowest BCUT2D eigenvalue weighted by Crippen LogP contribution is -2.32. The SMILES string of the molecule is N[C@@H]1CCN(S(=O)(=O)c2cc(Br)ccc2[N+](=O)[O-])C1. The van der Waals surface area contributed by atoms with Gasteiger partial charge in [0.15, 0.2) is 4.90 Å². The lowest BCUT2D eigenvalue weighted by molar-refractivity contribution is -0.387. The van der Waals surface area contributed by atoms with Gasteiger partial charge in [0.1, 0.15) is 0 Å². The maximum Gasteiger partial charge on any atom is 0.289 e. The van der Waals surface area contributed by atoms with E-state index in [0.717, 1.165) is 0 Å².